The smallest absolute Gasteiger partial charge is 0.256 e. The average Bonchev–Trinajstić information content (AvgIpc) is 2.58. The van der Waals surface area contributed by atoms with Crippen LogP contribution in [-0.4, -0.2) is 17.9 Å². The van der Waals surface area contributed by atoms with E-state index in [4.69, 9.17) is 11.6 Å². The molecule has 2 rings (SSSR count). The Morgan fingerprint density at radius 2 is 2.22 bits per heavy atom. The minimum Gasteiger partial charge on any atom is -0.354 e. The second-order valence-electron chi connectivity index (χ2n) is 4.33. The van der Waals surface area contributed by atoms with Crippen LogP contribution in [0.4, 0.5) is 4.39 Å². The Hall–Kier alpha value is -1.62. The molecule has 4 nitrogen and oxygen atoms in total. The number of amides is 1. The van der Waals surface area contributed by atoms with Crippen molar-refractivity contribution in [2.75, 3.05) is 0 Å². The highest BCUT2D eigenvalue weighted by molar-refractivity contribution is 6.31. The number of carbonyl (C=O) groups excluding carboxylic acids is 1. The fourth-order valence-corrected chi connectivity index (χ4v) is 1.96. The van der Waals surface area contributed by atoms with Gasteiger partial charge in [-0.2, -0.15) is 0 Å². The Morgan fingerprint density at radius 3 is 2.83 bits per heavy atom. The molecule has 0 bridgehead atoms. The predicted molar refractivity (Wildman–Crippen MR) is 68.0 cm³/mol. The van der Waals surface area contributed by atoms with E-state index in [2.05, 4.69) is 15.6 Å². The van der Waals surface area contributed by atoms with Gasteiger partial charge in [0, 0.05) is 16.6 Å². The molecule has 1 aromatic rings. The minimum atomic E-state index is -0.723. The molecule has 1 aliphatic heterocycles. The van der Waals surface area contributed by atoms with Gasteiger partial charge in [0.25, 0.3) is 5.91 Å². The van der Waals surface area contributed by atoms with Crippen molar-refractivity contribution in [3.8, 4) is 0 Å². The lowest BCUT2D eigenvalue weighted by atomic mass is 10.1. The Balaban J connectivity index is 2.27. The van der Waals surface area contributed by atoms with Crippen LogP contribution < -0.4 is 10.6 Å². The highest BCUT2D eigenvalue weighted by Gasteiger charge is 2.29. The summed E-state index contributed by atoms with van der Waals surface area (Å²) < 4.78 is 12.9. The van der Waals surface area contributed by atoms with Crippen molar-refractivity contribution >= 4 is 23.5 Å². The van der Waals surface area contributed by atoms with Crippen LogP contribution in [0.25, 0.3) is 0 Å². The van der Waals surface area contributed by atoms with Crippen molar-refractivity contribution in [1.29, 1.82) is 0 Å². The van der Waals surface area contributed by atoms with Gasteiger partial charge in [0.1, 0.15) is 5.82 Å². The second-order valence-corrected chi connectivity index (χ2v) is 4.74. The number of guanidine groups is 1. The van der Waals surface area contributed by atoms with Gasteiger partial charge in [0.2, 0.25) is 0 Å². The van der Waals surface area contributed by atoms with Crippen molar-refractivity contribution in [3.05, 3.63) is 34.6 Å². The lowest BCUT2D eigenvalue weighted by Gasteiger charge is -2.07. The normalized spacial score (nSPS) is 18.8. The Morgan fingerprint density at radius 1 is 1.50 bits per heavy atom. The Bertz CT molecular complexity index is 516. The summed E-state index contributed by atoms with van der Waals surface area (Å²) in [6.45, 7) is 3.87. The number of aliphatic imine (C=N–C) groups is 1. The van der Waals surface area contributed by atoms with Gasteiger partial charge in [-0.25, -0.2) is 9.38 Å². The molecule has 0 saturated carbocycles. The van der Waals surface area contributed by atoms with Crippen LogP contribution in [0.3, 0.4) is 0 Å². The lowest BCUT2D eigenvalue weighted by Crippen LogP contribution is -2.40. The van der Waals surface area contributed by atoms with Crippen molar-refractivity contribution in [1.82, 2.24) is 10.6 Å². The lowest BCUT2D eigenvalue weighted by molar-refractivity contribution is -0.120. The summed E-state index contributed by atoms with van der Waals surface area (Å²) in [4.78, 5) is 16.0. The monoisotopic (exact) mass is 269 g/mol. The standard InChI is InChI=1S/C12H13ClFN3O/c1-6(2)15-12-16-10(11(18)17-12)8-4-3-7(14)5-9(8)13/h3-6,10H,1-2H3,(H2,15,16,17,18). The zero-order valence-corrected chi connectivity index (χ0v) is 10.8. The molecule has 1 unspecified atom stereocenters. The van der Waals surface area contributed by atoms with Crippen molar-refractivity contribution in [3.63, 3.8) is 0 Å². The molecule has 2 N–H and O–H groups in total. The summed E-state index contributed by atoms with van der Waals surface area (Å²) in [7, 11) is 0. The number of rotatable bonds is 2. The zero-order valence-electron chi connectivity index (χ0n) is 10.00. The van der Waals surface area contributed by atoms with Crippen molar-refractivity contribution in [2.45, 2.75) is 25.9 Å². The van der Waals surface area contributed by atoms with Crippen LogP contribution in [0.15, 0.2) is 23.2 Å². The SMILES string of the molecule is CC(C)NC1=NC(c2ccc(F)cc2Cl)C(=O)N1. The van der Waals surface area contributed by atoms with Crippen LogP contribution in [-0.2, 0) is 4.79 Å². The molecule has 0 spiro atoms. The number of benzene rings is 1. The number of hydrogen-bond acceptors (Lipinski definition) is 3. The zero-order chi connectivity index (χ0) is 13.3. The summed E-state index contributed by atoms with van der Waals surface area (Å²) in [5.74, 6) is -0.293. The summed E-state index contributed by atoms with van der Waals surface area (Å²) in [6.07, 6.45) is 0. The topological polar surface area (TPSA) is 53.5 Å². The molecule has 1 atom stereocenters. The summed E-state index contributed by atoms with van der Waals surface area (Å²) in [5, 5.41) is 5.83. The Labute approximate surface area is 109 Å². The number of nitrogens with zero attached hydrogens (tertiary/aromatic N) is 1. The highest BCUT2D eigenvalue weighted by Crippen LogP contribution is 2.28. The number of halogens is 2. The molecule has 0 aliphatic carbocycles. The van der Waals surface area contributed by atoms with E-state index in [1.54, 1.807) is 0 Å². The maximum atomic E-state index is 12.9. The fourth-order valence-electron chi connectivity index (χ4n) is 1.69. The van der Waals surface area contributed by atoms with Crippen LogP contribution in [0.2, 0.25) is 5.02 Å². The van der Waals surface area contributed by atoms with Crippen LogP contribution in [0, 0.1) is 5.82 Å². The average molecular weight is 270 g/mol. The molecular formula is C12H13ClFN3O. The third-order valence-electron chi connectivity index (χ3n) is 2.43. The van der Waals surface area contributed by atoms with E-state index < -0.39 is 11.9 Å². The maximum absolute atomic E-state index is 12.9. The summed E-state index contributed by atoms with van der Waals surface area (Å²) >= 11 is 5.92. The quantitative estimate of drug-likeness (QED) is 0.863. The molecule has 18 heavy (non-hydrogen) atoms. The first-order valence-electron chi connectivity index (χ1n) is 5.57. The third kappa shape index (κ3) is 2.61. The van der Waals surface area contributed by atoms with Gasteiger partial charge in [0.05, 0.1) is 0 Å². The number of carbonyl (C=O) groups is 1. The van der Waals surface area contributed by atoms with Crippen LogP contribution in [0.1, 0.15) is 25.5 Å². The van der Waals surface area contributed by atoms with Gasteiger partial charge >= 0.3 is 0 Å². The first kappa shape index (κ1) is 12.8. The highest BCUT2D eigenvalue weighted by atomic mass is 35.5. The van der Waals surface area contributed by atoms with Gasteiger partial charge in [-0.15, -0.1) is 0 Å². The maximum Gasteiger partial charge on any atom is 0.256 e. The summed E-state index contributed by atoms with van der Waals surface area (Å²) in [5.41, 5.74) is 0.496. The molecule has 1 aromatic carbocycles. The van der Waals surface area contributed by atoms with Gasteiger partial charge in [-0.3, -0.25) is 10.1 Å². The van der Waals surface area contributed by atoms with Crippen LogP contribution in [0.5, 0.6) is 0 Å². The molecule has 0 aromatic heterocycles. The van der Waals surface area contributed by atoms with E-state index in [-0.39, 0.29) is 17.0 Å². The first-order chi connectivity index (χ1) is 8.47. The molecule has 0 fully saturated rings. The third-order valence-corrected chi connectivity index (χ3v) is 2.76. The second kappa shape index (κ2) is 4.94. The van der Waals surface area contributed by atoms with Gasteiger partial charge in [0.15, 0.2) is 12.0 Å². The van der Waals surface area contributed by atoms with Gasteiger partial charge in [-0.05, 0) is 26.0 Å². The van der Waals surface area contributed by atoms with E-state index in [9.17, 15) is 9.18 Å². The van der Waals surface area contributed by atoms with Crippen LogP contribution >= 0.6 is 11.6 Å². The molecule has 1 amide bonds. The minimum absolute atomic E-state index is 0.159. The molecule has 1 aliphatic rings. The van der Waals surface area contributed by atoms with Gasteiger partial charge in [-0.1, -0.05) is 17.7 Å². The molecular weight excluding hydrogens is 257 g/mol. The van der Waals surface area contributed by atoms with E-state index in [0.717, 1.165) is 0 Å². The molecule has 0 saturated heterocycles. The van der Waals surface area contributed by atoms with E-state index in [1.807, 2.05) is 13.8 Å². The molecule has 0 radical (unpaired) electrons. The number of nitrogens with one attached hydrogen (secondary N) is 2. The molecule has 6 heteroatoms. The van der Waals surface area contributed by atoms with Gasteiger partial charge < -0.3 is 5.32 Å². The van der Waals surface area contributed by atoms with Crippen molar-refractivity contribution < 1.29 is 9.18 Å². The predicted octanol–water partition coefficient (Wildman–Crippen LogP) is 2.00. The van der Waals surface area contributed by atoms with Crippen molar-refractivity contribution in [2.24, 2.45) is 4.99 Å². The van der Waals surface area contributed by atoms with E-state index in [1.165, 1.54) is 18.2 Å². The Kier molecular flexibility index (Phi) is 3.52. The van der Waals surface area contributed by atoms with E-state index >= 15 is 0 Å². The summed E-state index contributed by atoms with van der Waals surface area (Å²) in [6, 6.07) is 3.35. The first-order valence-corrected chi connectivity index (χ1v) is 5.95. The number of hydrogen-bond donors (Lipinski definition) is 2. The molecule has 96 valence electrons. The van der Waals surface area contributed by atoms with E-state index in [0.29, 0.717) is 11.5 Å². The largest absolute Gasteiger partial charge is 0.354 e. The fraction of sp³-hybridized carbons (Fsp3) is 0.333. The molecule has 1 heterocycles.